The highest BCUT2D eigenvalue weighted by Gasteiger charge is 2.28. The van der Waals surface area contributed by atoms with Crippen molar-refractivity contribution in [3.63, 3.8) is 0 Å². The zero-order valence-corrected chi connectivity index (χ0v) is 11.3. The van der Waals surface area contributed by atoms with E-state index < -0.39 is 6.29 Å². The molecule has 1 heterocycles. The lowest BCUT2D eigenvalue weighted by Crippen LogP contribution is -2.25. The van der Waals surface area contributed by atoms with Crippen LogP contribution in [0.3, 0.4) is 0 Å². The van der Waals surface area contributed by atoms with E-state index in [1.807, 2.05) is 30.3 Å². The molecule has 0 saturated heterocycles. The average molecular weight is 305 g/mol. The largest absolute Gasteiger partial charge is 0.465 e. The second kappa shape index (κ2) is 4.75. The maximum atomic E-state index is 9.82. The van der Waals surface area contributed by atoms with E-state index in [0.717, 1.165) is 15.8 Å². The number of fused-ring (bicyclic) bond motifs is 1. The zero-order valence-electron chi connectivity index (χ0n) is 9.71. The van der Waals surface area contributed by atoms with Crippen LogP contribution in [0.4, 0.5) is 0 Å². The van der Waals surface area contributed by atoms with E-state index >= 15 is 0 Å². The van der Waals surface area contributed by atoms with Crippen LogP contribution in [0.1, 0.15) is 23.5 Å². The number of ether oxygens (including phenoxy) is 1. The summed E-state index contributed by atoms with van der Waals surface area (Å²) in [5, 5.41) is 9.82. The first-order chi connectivity index (χ1) is 8.74. The van der Waals surface area contributed by atoms with Gasteiger partial charge in [0.2, 0.25) is 0 Å². The molecular formula is C15H13BrO2. The Bertz CT molecular complexity index is 554. The molecule has 0 aliphatic carbocycles. The minimum Gasteiger partial charge on any atom is -0.465 e. The average Bonchev–Trinajstić information content (AvgIpc) is 2.39. The van der Waals surface area contributed by atoms with Crippen LogP contribution < -0.4 is 4.74 Å². The quantitative estimate of drug-likeness (QED) is 0.871. The number of halogens is 1. The molecule has 1 N–H and O–H groups in total. The van der Waals surface area contributed by atoms with E-state index in [1.165, 1.54) is 5.56 Å². The Morgan fingerprint density at radius 1 is 1.11 bits per heavy atom. The number of hydrogen-bond acceptors (Lipinski definition) is 2. The number of rotatable bonds is 1. The van der Waals surface area contributed by atoms with E-state index in [1.54, 1.807) is 0 Å². The van der Waals surface area contributed by atoms with Crippen LogP contribution in [0.5, 0.6) is 5.75 Å². The van der Waals surface area contributed by atoms with E-state index in [9.17, 15) is 5.11 Å². The second-order valence-corrected chi connectivity index (χ2v) is 5.37. The molecule has 0 saturated carbocycles. The van der Waals surface area contributed by atoms with E-state index in [0.29, 0.717) is 6.42 Å². The molecule has 3 heteroatoms. The molecule has 3 rings (SSSR count). The van der Waals surface area contributed by atoms with Gasteiger partial charge in [-0.15, -0.1) is 0 Å². The summed E-state index contributed by atoms with van der Waals surface area (Å²) in [5.74, 6) is 0.952. The SMILES string of the molecule is O[C@@H]1C[C@H](c2ccccc2)c2cc(Br)ccc2O1. The molecule has 2 atom stereocenters. The molecule has 2 aromatic carbocycles. The minimum atomic E-state index is -0.733. The second-order valence-electron chi connectivity index (χ2n) is 4.45. The van der Waals surface area contributed by atoms with Crippen molar-refractivity contribution < 1.29 is 9.84 Å². The van der Waals surface area contributed by atoms with Gasteiger partial charge in [0.05, 0.1) is 0 Å². The fourth-order valence-corrected chi connectivity index (χ4v) is 2.80. The van der Waals surface area contributed by atoms with Gasteiger partial charge < -0.3 is 9.84 Å². The molecule has 0 aromatic heterocycles. The van der Waals surface area contributed by atoms with Crippen LogP contribution >= 0.6 is 15.9 Å². The van der Waals surface area contributed by atoms with Crippen LogP contribution in [0.15, 0.2) is 53.0 Å². The highest BCUT2D eigenvalue weighted by molar-refractivity contribution is 9.10. The molecule has 0 fully saturated rings. The summed E-state index contributed by atoms with van der Waals surface area (Å²) >= 11 is 3.49. The number of hydrogen-bond donors (Lipinski definition) is 1. The summed E-state index contributed by atoms with van der Waals surface area (Å²) in [6, 6.07) is 16.1. The van der Waals surface area contributed by atoms with Gasteiger partial charge in [0.25, 0.3) is 0 Å². The zero-order chi connectivity index (χ0) is 12.5. The fraction of sp³-hybridized carbons (Fsp3) is 0.200. The molecule has 0 spiro atoms. The summed E-state index contributed by atoms with van der Waals surface area (Å²) in [6.45, 7) is 0. The van der Waals surface area contributed by atoms with Gasteiger partial charge in [-0.1, -0.05) is 46.3 Å². The van der Waals surface area contributed by atoms with Gasteiger partial charge in [-0.05, 0) is 23.8 Å². The van der Waals surface area contributed by atoms with Gasteiger partial charge in [-0.3, -0.25) is 0 Å². The Hall–Kier alpha value is -1.32. The van der Waals surface area contributed by atoms with Crippen molar-refractivity contribution in [1.29, 1.82) is 0 Å². The topological polar surface area (TPSA) is 29.5 Å². The summed E-state index contributed by atoms with van der Waals surface area (Å²) in [5.41, 5.74) is 2.33. The highest BCUT2D eigenvalue weighted by Crippen LogP contribution is 2.40. The first-order valence-corrected chi connectivity index (χ1v) is 6.72. The van der Waals surface area contributed by atoms with Gasteiger partial charge >= 0.3 is 0 Å². The molecule has 1 aliphatic rings. The van der Waals surface area contributed by atoms with Crippen molar-refractivity contribution in [1.82, 2.24) is 0 Å². The Morgan fingerprint density at radius 3 is 2.67 bits per heavy atom. The summed E-state index contributed by atoms with van der Waals surface area (Å²) < 4.78 is 6.50. The molecular weight excluding hydrogens is 292 g/mol. The number of benzene rings is 2. The van der Waals surface area contributed by atoms with Crippen molar-refractivity contribution in [3.05, 3.63) is 64.1 Å². The lowest BCUT2D eigenvalue weighted by Gasteiger charge is -2.30. The standard InChI is InChI=1S/C15H13BrO2/c16-11-6-7-14-13(8-11)12(9-15(17)18-14)10-4-2-1-3-5-10/h1-8,12,15,17H,9H2/t12-,15+/m1/s1. The molecule has 2 aromatic rings. The van der Waals surface area contributed by atoms with E-state index in [2.05, 4.69) is 34.1 Å². The third kappa shape index (κ3) is 2.16. The molecule has 0 amide bonds. The van der Waals surface area contributed by atoms with Crippen molar-refractivity contribution in [2.45, 2.75) is 18.6 Å². The normalized spacial score (nSPS) is 22.1. The van der Waals surface area contributed by atoms with Crippen LogP contribution in [0, 0.1) is 0 Å². The van der Waals surface area contributed by atoms with Crippen LogP contribution in [0.2, 0.25) is 0 Å². The van der Waals surface area contributed by atoms with Gasteiger partial charge in [0, 0.05) is 22.4 Å². The first kappa shape index (κ1) is 11.8. The van der Waals surface area contributed by atoms with Gasteiger partial charge in [0.1, 0.15) is 5.75 Å². The molecule has 0 unspecified atom stereocenters. The lowest BCUT2D eigenvalue weighted by molar-refractivity contribution is -0.0359. The molecule has 2 nitrogen and oxygen atoms in total. The summed E-state index contributed by atoms with van der Waals surface area (Å²) in [6.07, 6.45) is -0.142. The minimum absolute atomic E-state index is 0.183. The monoisotopic (exact) mass is 304 g/mol. The van der Waals surface area contributed by atoms with Crippen LogP contribution in [0.25, 0.3) is 0 Å². The Morgan fingerprint density at radius 2 is 1.89 bits per heavy atom. The Kier molecular flexibility index (Phi) is 3.10. The van der Waals surface area contributed by atoms with Crippen molar-refractivity contribution in [2.24, 2.45) is 0 Å². The van der Waals surface area contributed by atoms with Gasteiger partial charge in [-0.2, -0.15) is 0 Å². The third-order valence-electron chi connectivity index (χ3n) is 3.25. The van der Waals surface area contributed by atoms with Crippen molar-refractivity contribution >= 4 is 15.9 Å². The molecule has 92 valence electrons. The Balaban J connectivity index is 2.09. The maximum absolute atomic E-state index is 9.82. The summed E-state index contributed by atoms with van der Waals surface area (Å²) in [7, 11) is 0. The van der Waals surface area contributed by atoms with Crippen LogP contribution in [-0.2, 0) is 0 Å². The lowest BCUT2D eigenvalue weighted by atomic mass is 9.86. The third-order valence-corrected chi connectivity index (χ3v) is 3.74. The molecule has 0 radical (unpaired) electrons. The van der Waals surface area contributed by atoms with E-state index in [4.69, 9.17) is 4.74 Å². The maximum Gasteiger partial charge on any atom is 0.198 e. The van der Waals surface area contributed by atoms with Crippen LogP contribution in [-0.4, -0.2) is 11.4 Å². The highest BCUT2D eigenvalue weighted by atomic mass is 79.9. The number of aliphatic hydroxyl groups excluding tert-OH is 1. The molecule has 1 aliphatic heterocycles. The predicted octanol–water partition coefficient (Wildman–Crippen LogP) is 3.68. The first-order valence-electron chi connectivity index (χ1n) is 5.93. The summed E-state index contributed by atoms with van der Waals surface area (Å²) in [4.78, 5) is 0. The van der Waals surface area contributed by atoms with Crippen molar-refractivity contribution in [2.75, 3.05) is 0 Å². The Labute approximate surface area is 114 Å². The van der Waals surface area contributed by atoms with Gasteiger partial charge in [0.15, 0.2) is 6.29 Å². The predicted molar refractivity (Wildman–Crippen MR) is 73.7 cm³/mol. The molecule has 0 bridgehead atoms. The molecule has 18 heavy (non-hydrogen) atoms. The smallest absolute Gasteiger partial charge is 0.198 e. The fourth-order valence-electron chi connectivity index (χ4n) is 2.42. The van der Waals surface area contributed by atoms with Crippen molar-refractivity contribution in [3.8, 4) is 5.75 Å². The number of aliphatic hydroxyl groups is 1. The van der Waals surface area contributed by atoms with Gasteiger partial charge in [-0.25, -0.2) is 0 Å². The van der Waals surface area contributed by atoms with E-state index in [-0.39, 0.29) is 5.92 Å².